The molecule has 0 aromatic heterocycles. The van der Waals surface area contributed by atoms with E-state index in [1.54, 1.807) is 18.2 Å². The molecule has 1 aliphatic heterocycles. The molecule has 92 valence electrons. The zero-order valence-corrected chi connectivity index (χ0v) is 10.3. The Kier molecular flexibility index (Phi) is 3.46. The minimum Gasteiger partial charge on any atom is -0.333 e. The largest absolute Gasteiger partial charge is 0.333 e. The van der Waals surface area contributed by atoms with E-state index in [2.05, 4.69) is 6.92 Å². The molecule has 0 aliphatic carbocycles. The first-order valence-electron chi connectivity index (χ1n) is 6.22. The molecule has 0 saturated carbocycles. The molecule has 0 spiro atoms. The second kappa shape index (κ2) is 4.86. The van der Waals surface area contributed by atoms with Crippen molar-refractivity contribution < 1.29 is 9.18 Å². The minimum absolute atomic E-state index is 0.167. The average Bonchev–Trinajstić information content (AvgIpc) is 2.70. The van der Waals surface area contributed by atoms with E-state index in [9.17, 15) is 9.18 Å². The summed E-state index contributed by atoms with van der Waals surface area (Å²) in [5, 5.41) is 0. The van der Waals surface area contributed by atoms with Crippen LogP contribution in [0.3, 0.4) is 0 Å². The molecule has 1 fully saturated rings. The van der Waals surface area contributed by atoms with E-state index in [-0.39, 0.29) is 23.6 Å². The van der Waals surface area contributed by atoms with Crippen LogP contribution >= 0.6 is 0 Å². The second-order valence-electron chi connectivity index (χ2n) is 4.68. The third-order valence-electron chi connectivity index (χ3n) is 3.60. The van der Waals surface area contributed by atoms with Gasteiger partial charge < -0.3 is 4.90 Å². The van der Waals surface area contributed by atoms with Crippen LogP contribution in [0.25, 0.3) is 0 Å². The Labute approximate surface area is 101 Å². The fraction of sp³-hybridized carbons (Fsp3) is 0.500. The van der Waals surface area contributed by atoms with Crippen LogP contribution in [0, 0.1) is 5.82 Å². The van der Waals surface area contributed by atoms with Crippen molar-refractivity contribution in [3.8, 4) is 0 Å². The van der Waals surface area contributed by atoms with Crippen molar-refractivity contribution in [2.45, 2.75) is 45.2 Å². The minimum atomic E-state index is -0.425. The third kappa shape index (κ3) is 2.19. The molecule has 2 nitrogen and oxygen atoms in total. The van der Waals surface area contributed by atoms with Crippen LogP contribution in [0.1, 0.15) is 43.5 Å². The van der Waals surface area contributed by atoms with Crippen molar-refractivity contribution >= 4 is 5.91 Å². The molecular weight excluding hydrogens is 217 g/mol. The molecule has 2 rings (SSSR count). The Hall–Kier alpha value is -1.38. The van der Waals surface area contributed by atoms with Gasteiger partial charge in [0.2, 0.25) is 0 Å². The van der Waals surface area contributed by atoms with Crippen LogP contribution in [0.15, 0.2) is 24.3 Å². The number of carbonyl (C=O) groups is 1. The van der Waals surface area contributed by atoms with Gasteiger partial charge in [-0.3, -0.25) is 4.79 Å². The van der Waals surface area contributed by atoms with Gasteiger partial charge in [0.1, 0.15) is 5.82 Å². The van der Waals surface area contributed by atoms with Crippen LogP contribution in [0.4, 0.5) is 4.39 Å². The van der Waals surface area contributed by atoms with Crippen LogP contribution in [0.2, 0.25) is 0 Å². The number of halogens is 1. The average molecular weight is 235 g/mol. The van der Waals surface area contributed by atoms with Crippen LogP contribution < -0.4 is 0 Å². The molecule has 1 amide bonds. The summed E-state index contributed by atoms with van der Waals surface area (Å²) >= 11 is 0. The topological polar surface area (TPSA) is 20.3 Å². The summed E-state index contributed by atoms with van der Waals surface area (Å²) in [4.78, 5) is 14.2. The lowest BCUT2D eigenvalue weighted by molar-refractivity contribution is 0.0671. The van der Waals surface area contributed by atoms with E-state index >= 15 is 0 Å². The van der Waals surface area contributed by atoms with Gasteiger partial charge in [-0.05, 0) is 38.3 Å². The maximum atomic E-state index is 13.6. The SMILES string of the molecule is CCC1CCC(C)N1C(=O)c1ccccc1F. The third-order valence-corrected chi connectivity index (χ3v) is 3.60. The molecular formula is C14H18FNO. The molecule has 3 heteroatoms. The van der Waals surface area contributed by atoms with E-state index in [4.69, 9.17) is 0 Å². The lowest BCUT2D eigenvalue weighted by atomic mass is 10.1. The summed E-state index contributed by atoms with van der Waals surface area (Å²) in [6.07, 6.45) is 2.97. The molecule has 1 saturated heterocycles. The van der Waals surface area contributed by atoms with Crippen molar-refractivity contribution in [3.63, 3.8) is 0 Å². The molecule has 2 unspecified atom stereocenters. The van der Waals surface area contributed by atoms with Crippen molar-refractivity contribution in [2.75, 3.05) is 0 Å². The molecule has 1 aromatic rings. The Balaban J connectivity index is 2.28. The molecule has 2 atom stereocenters. The maximum absolute atomic E-state index is 13.6. The smallest absolute Gasteiger partial charge is 0.257 e. The highest BCUT2D eigenvalue weighted by Gasteiger charge is 2.34. The number of hydrogen-bond donors (Lipinski definition) is 0. The summed E-state index contributed by atoms with van der Waals surface area (Å²) in [7, 11) is 0. The highest BCUT2D eigenvalue weighted by molar-refractivity contribution is 5.95. The van der Waals surface area contributed by atoms with Crippen molar-refractivity contribution in [1.82, 2.24) is 4.90 Å². The number of nitrogens with zero attached hydrogens (tertiary/aromatic N) is 1. The van der Waals surface area contributed by atoms with E-state index < -0.39 is 5.82 Å². The zero-order valence-electron chi connectivity index (χ0n) is 10.3. The molecule has 1 aromatic carbocycles. The predicted molar refractivity (Wildman–Crippen MR) is 65.3 cm³/mol. The lowest BCUT2D eigenvalue weighted by Gasteiger charge is -2.28. The Morgan fingerprint density at radius 2 is 2.12 bits per heavy atom. The van der Waals surface area contributed by atoms with Gasteiger partial charge in [-0.1, -0.05) is 19.1 Å². The molecule has 0 N–H and O–H groups in total. The fourth-order valence-corrected chi connectivity index (χ4v) is 2.61. The van der Waals surface area contributed by atoms with Crippen LogP contribution in [-0.2, 0) is 0 Å². The fourth-order valence-electron chi connectivity index (χ4n) is 2.61. The predicted octanol–water partition coefficient (Wildman–Crippen LogP) is 3.23. The Morgan fingerprint density at radius 1 is 1.41 bits per heavy atom. The summed E-state index contributed by atoms with van der Waals surface area (Å²) in [6, 6.07) is 6.70. The Bertz CT molecular complexity index is 418. The van der Waals surface area contributed by atoms with E-state index in [0.717, 1.165) is 19.3 Å². The molecule has 0 bridgehead atoms. The second-order valence-corrected chi connectivity index (χ2v) is 4.68. The van der Waals surface area contributed by atoms with Crippen LogP contribution in [-0.4, -0.2) is 22.9 Å². The van der Waals surface area contributed by atoms with Crippen molar-refractivity contribution in [1.29, 1.82) is 0 Å². The molecule has 1 aliphatic rings. The van der Waals surface area contributed by atoms with Gasteiger partial charge >= 0.3 is 0 Å². The van der Waals surface area contributed by atoms with Crippen molar-refractivity contribution in [2.24, 2.45) is 0 Å². The standard InChI is InChI=1S/C14H18FNO/c1-3-11-9-8-10(2)16(11)14(17)12-6-4-5-7-13(12)15/h4-7,10-11H,3,8-9H2,1-2H3. The number of rotatable bonds is 2. The van der Waals surface area contributed by atoms with Gasteiger partial charge in [0.05, 0.1) is 5.56 Å². The summed E-state index contributed by atoms with van der Waals surface area (Å²) < 4.78 is 13.6. The van der Waals surface area contributed by atoms with Gasteiger partial charge in [0.25, 0.3) is 5.91 Å². The molecule has 0 radical (unpaired) electrons. The van der Waals surface area contributed by atoms with Gasteiger partial charge in [0, 0.05) is 12.1 Å². The van der Waals surface area contributed by atoms with Crippen LogP contribution in [0.5, 0.6) is 0 Å². The number of benzene rings is 1. The quantitative estimate of drug-likeness (QED) is 0.770. The van der Waals surface area contributed by atoms with Gasteiger partial charge in [-0.15, -0.1) is 0 Å². The summed E-state index contributed by atoms with van der Waals surface area (Å²) in [5.74, 6) is -0.591. The van der Waals surface area contributed by atoms with Gasteiger partial charge in [-0.25, -0.2) is 4.39 Å². The van der Waals surface area contributed by atoms with E-state index in [1.807, 2.05) is 11.8 Å². The van der Waals surface area contributed by atoms with Crippen molar-refractivity contribution in [3.05, 3.63) is 35.6 Å². The first-order chi connectivity index (χ1) is 8.15. The zero-order chi connectivity index (χ0) is 12.4. The monoisotopic (exact) mass is 235 g/mol. The number of hydrogen-bond acceptors (Lipinski definition) is 1. The van der Waals surface area contributed by atoms with E-state index in [0.29, 0.717) is 0 Å². The number of likely N-dealkylation sites (tertiary alicyclic amines) is 1. The number of carbonyl (C=O) groups excluding carboxylic acids is 1. The summed E-state index contributed by atoms with van der Waals surface area (Å²) in [6.45, 7) is 4.11. The first-order valence-corrected chi connectivity index (χ1v) is 6.22. The normalized spacial score (nSPS) is 24.1. The highest BCUT2D eigenvalue weighted by atomic mass is 19.1. The molecule has 17 heavy (non-hydrogen) atoms. The maximum Gasteiger partial charge on any atom is 0.257 e. The Morgan fingerprint density at radius 3 is 2.76 bits per heavy atom. The van der Waals surface area contributed by atoms with Gasteiger partial charge in [0.15, 0.2) is 0 Å². The summed E-state index contributed by atoms with van der Waals surface area (Å²) in [5.41, 5.74) is 0.194. The van der Waals surface area contributed by atoms with Gasteiger partial charge in [-0.2, -0.15) is 0 Å². The molecule has 1 heterocycles. The van der Waals surface area contributed by atoms with E-state index in [1.165, 1.54) is 6.07 Å². The highest BCUT2D eigenvalue weighted by Crippen LogP contribution is 2.28. The number of amides is 1. The first kappa shape index (κ1) is 12.1. The lowest BCUT2D eigenvalue weighted by Crippen LogP contribution is -2.40.